The van der Waals surface area contributed by atoms with Crippen LogP contribution in [0.15, 0.2) is 0 Å². The smallest absolute Gasteiger partial charge is 0.233 e. The maximum atomic E-state index is 11.6. The molecule has 0 N–H and O–H groups in total. The van der Waals surface area contributed by atoms with Crippen molar-refractivity contribution in [3.63, 3.8) is 0 Å². The second-order valence-corrected chi connectivity index (χ2v) is 10.0. The van der Waals surface area contributed by atoms with Gasteiger partial charge < -0.3 is 4.12 Å². The number of nitrogens with zero attached hydrogens (tertiary/aromatic N) is 2. The molecule has 0 rings (SSSR count). The lowest BCUT2D eigenvalue weighted by atomic mass is 10.5. The van der Waals surface area contributed by atoms with Gasteiger partial charge in [0.05, 0.1) is 17.0 Å². The molecule has 0 aromatic carbocycles. The van der Waals surface area contributed by atoms with Crippen molar-refractivity contribution in [3.05, 3.63) is 0 Å². The molecule has 14 heavy (non-hydrogen) atoms. The molecule has 0 aliphatic rings. The van der Waals surface area contributed by atoms with Gasteiger partial charge in [0, 0.05) is 0 Å². The summed E-state index contributed by atoms with van der Waals surface area (Å²) in [5, 5.41) is 15.4. The molecule has 0 saturated heterocycles. The van der Waals surface area contributed by atoms with E-state index in [1.165, 1.54) is 19.1 Å². The highest BCUT2D eigenvalue weighted by molar-refractivity contribution is 7.94. The third-order valence-electron chi connectivity index (χ3n) is 2.11. The van der Waals surface area contributed by atoms with Gasteiger partial charge in [-0.25, -0.2) is 8.42 Å². The van der Waals surface area contributed by atoms with E-state index >= 15 is 0 Å². The van der Waals surface area contributed by atoms with E-state index < -0.39 is 29.0 Å². The summed E-state index contributed by atoms with van der Waals surface area (Å²) in [5.41, 5.74) is 0. The van der Waals surface area contributed by atoms with Gasteiger partial charge in [-0.2, -0.15) is 10.5 Å². The number of sulfone groups is 1. The van der Waals surface area contributed by atoms with Gasteiger partial charge in [0.2, 0.25) is 5.25 Å². The van der Waals surface area contributed by atoms with Gasteiger partial charge in [-0.15, -0.1) is 0 Å². The average Bonchev–Trinajstić information content (AvgIpc) is 2.16. The zero-order valence-electron chi connectivity index (χ0n) is 8.26. The van der Waals surface area contributed by atoms with Crippen LogP contribution in [-0.2, 0) is 14.0 Å². The SMILES string of the molecule is CC([SiH](C)O[SiH3])S(=O)(=O)C(C#N)C#N. The molecule has 0 bridgehead atoms. The van der Waals surface area contributed by atoms with E-state index in [0.29, 0.717) is 10.5 Å². The molecule has 0 saturated carbocycles. The van der Waals surface area contributed by atoms with E-state index in [2.05, 4.69) is 0 Å². The Kier molecular flexibility index (Phi) is 5.01. The van der Waals surface area contributed by atoms with Crippen molar-refractivity contribution >= 4 is 29.4 Å². The Labute approximate surface area is 88.5 Å². The molecule has 0 aromatic heterocycles. The Bertz CT molecular complexity index is 356. The summed E-state index contributed by atoms with van der Waals surface area (Å²) < 4.78 is 28.4. The van der Waals surface area contributed by atoms with Crippen molar-refractivity contribution < 1.29 is 12.5 Å². The second-order valence-electron chi connectivity index (χ2n) is 2.87. The lowest BCUT2D eigenvalue weighted by Crippen LogP contribution is -2.39. The van der Waals surface area contributed by atoms with Gasteiger partial charge >= 0.3 is 0 Å². The van der Waals surface area contributed by atoms with Gasteiger partial charge in [-0.1, -0.05) is 0 Å². The highest BCUT2D eigenvalue weighted by atomic mass is 32.2. The summed E-state index contributed by atoms with van der Waals surface area (Å²) in [5.74, 6) is 0. The van der Waals surface area contributed by atoms with Crippen molar-refractivity contribution in [1.82, 2.24) is 0 Å². The maximum absolute atomic E-state index is 11.6. The quantitative estimate of drug-likeness (QED) is 0.559. The van der Waals surface area contributed by atoms with Crippen molar-refractivity contribution in [2.24, 2.45) is 0 Å². The van der Waals surface area contributed by atoms with E-state index in [-0.39, 0.29) is 0 Å². The van der Waals surface area contributed by atoms with Crippen LogP contribution >= 0.6 is 0 Å². The van der Waals surface area contributed by atoms with Crippen LogP contribution in [0.2, 0.25) is 6.55 Å². The molecule has 0 aliphatic carbocycles. The minimum atomic E-state index is -3.68. The molecule has 8 heteroatoms. The molecular weight excluding hydrogens is 236 g/mol. The van der Waals surface area contributed by atoms with Crippen molar-refractivity contribution in [2.45, 2.75) is 23.6 Å². The summed E-state index contributed by atoms with van der Waals surface area (Å²) in [6.45, 7) is 3.26. The van der Waals surface area contributed by atoms with Gasteiger partial charge in [-0.3, -0.25) is 0 Å². The molecule has 0 aliphatic heterocycles. The van der Waals surface area contributed by atoms with Crippen molar-refractivity contribution in [2.75, 3.05) is 0 Å². The monoisotopic (exact) mass is 248 g/mol. The first kappa shape index (κ1) is 13.3. The zero-order valence-corrected chi connectivity index (χ0v) is 12.2. The number of hydrogen-bond acceptors (Lipinski definition) is 5. The predicted octanol–water partition coefficient (Wildman–Crippen LogP) is -1.60. The Morgan fingerprint density at radius 2 is 1.86 bits per heavy atom. The van der Waals surface area contributed by atoms with Crippen LogP contribution in [0, 0.1) is 22.7 Å². The molecule has 0 amide bonds. The molecule has 2 unspecified atom stereocenters. The molecule has 5 nitrogen and oxygen atoms in total. The van der Waals surface area contributed by atoms with Gasteiger partial charge in [0.25, 0.3) is 0 Å². The Morgan fingerprint density at radius 1 is 1.43 bits per heavy atom. The van der Waals surface area contributed by atoms with Crippen LogP contribution in [0.1, 0.15) is 6.92 Å². The van der Waals surface area contributed by atoms with E-state index in [9.17, 15) is 8.42 Å². The zero-order chi connectivity index (χ0) is 11.4. The first-order valence-electron chi connectivity index (χ1n) is 3.96. The van der Waals surface area contributed by atoms with Crippen LogP contribution in [0.25, 0.3) is 0 Å². The van der Waals surface area contributed by atoms with Crippen LogP contribution in [-0.4, -0.2) is 38.1 Å². The van der Waals surface area contributed by atoms with Crippen LogP contribution in [0.3, 0.4) is 0 Å². The lowest BCUT2D eigenvalue weighted by Gasteiger charge is -2.17. The molecular formula is C6H12N2O3SSi2. The Morgan fingerprint density at radius 3 is 2.14 bits per heavy atom. The van der Waals surface area contributed by atoms with Gasteiger partial charge in [0.15, 0.2) is 18.9 Å². The topological polar surface area (TPSA) is 90.9 Å². The largest absolute Gasteiger partial charge is 0.465 e. The molecule has 0 heterocycles. The minimum Gasteiger partial charge on any atom is -0.465 e. The molecule has 0 spiro atoms. The first-order valence-corrected chi connectivity index (χ1v) is 8.68. The fourth-order valence-corrected chi connectivity index (χ4v) is 6.71. The van der Waals surface area contributed by atoms with Crippen LogP contribution in [0.4, 0.5) is 0 Å². The lowest BCUT2D eigenvalue weighted by molar-refractivity contribution is 0.582. The molecule has 0 fully saturated rings. The van der Waals surface area contributed by atoms with Gasteiger partial charge in [-0.05, 0) is 13.5 Å². The third-order valence-corrected chi connectivity index (χ3v) is 10.6. The van der Waals surface area contributed by atoms with Crippen molar-refractivity contribution in [1.29, 1.82) is 10.5 Å². The molecule has 78 valence electrons. The number of rotatable bonds is 4. The highest BCUT2D eigenvalue weighted by Gasteiger charge is 2.35. The fourth-order valence-electron chi connectivity index (χ4n) is 0.849. The van der Waals surface area contributed by atoms with Crippen LogP contribution < -0.4 is 0 Å². The van der Waals surface area contributed by atoms with Crippen LogP contribution in [0.5, 0.6) is 0 Å². The molecule has 2 atom stereocenters. The molecule has 0 radical (unpaired) electrons. The summed E-state index contributed by atoms with van der Waals surface area (Å²) in [6, 6.07) is 2.96. The summed E-state index contributed by atoms with van der Waals surface area (Å²) in [6.07, 6.45) is 0. The highest BCUT2D eigenvalue weighted by Crippen LogP contribution is 2.11. The minimum absolute atomic E-state index is 0.485. The standard InChI is InChI=1S/C6H12N2O3SSi2/c1-5(14(2)11-13)12(9,10)6(3-7)4-8/h5-6,14H,1-2,13H3. The third kappa shape index (κ3) is 2.65. The maximum Gasteiger partial charge on any atom is 0.233 e. The summed E-state index contributed by atoms with van der Waals surface area (Å²) in [7, 11) is -5.00. The Hall–Kier alpha value is -0.676. The number of hydrogen-bond donors (Lipinski definition) is 0. The first-order chi connectivity index (χ1) is 6.41. The predicted molar refractivity (Wildman–Crippen MR) is 57.4 cm³/mol. The Balaban J connectivity index is 5.01. The van der Waals surface area contributed by atoms with E-state index in [4.69, 9.17) is 14.6 Å². The summed E-state index contributed by atoms with van der Waals surface area (Å²) in [4.78, 5) is -0.690. The summed E-state index contributed by atoms with van der Waals surface area (Å²) >= 11 is 0. The van der Waals surface area contributed by atoms with Crippen molar-refractivity contribution in [3.8, 4) is 12.1 Å². The van der Waals surface area contributed by atoms with E-state index in [0.717, 1.165) is 0 Å². The average molecular weight is 248 g/mol. The van der Waals surface area contributed by atoms with E-state index in [1.54, 1.807) is 6.55 Å². The second kappa shape index (κ2) is 5.27. The van der Waals surface area contributed by atoms with Gasteiger partial charge in [0.1, 0.15) is 10.5 Å². The number of nitriles is 2. The fraction of sp³-hybridized carbons (Fsp3) is 0.667. The van der Waals surface area contributed by atoms with E-state index in [1.807, 2.05) is 0 Å². The molecule has 0 aromatic rings. The normalized spacial score (nSPS) is 15.8.